The van der Waals surface area contributed by atoms with Gasteiger partial charge in [-0.05, 0) is 37.6 Å². The molecule has 1 saturated heterocycles. The van der Waals surface area contributed by atoms with Crippen LogP contribution in [0.2, 0.25) is 5.02 Å². The van der Waals surface area contributed by atoms with E-state index in [4.69, 9.17) is 21.4 Å². The van der Waals surface area contributed by atoms with Gasteiger partial charge in [0.2, 0.25) is 0 Å². The van der Waals surface area contributed by atoms with Gasteiger partial charge in [0.15, 0.2) is 0 Å². The number of carbonyl (C=O) groups is 1. The highest BCUT2D eigenvalue weighted by atomic mass is 35.5. The number of hydrogen-bond donors (Lipinski definition) is 1. The average molecular weight is 284 g/mol. The van der Waals surface area contributed by atoms with Crippen LogP contribution in [0.5, 0.6) is 5.75 Å². The summed E-state index contributed by atoms with van der Waals surface area (Å²) in [5.74, 6) is -0.181. The van der Waals surface area contributed by atoms with Crippen molar-refractivity contribution in [1.82, 2.24) is 4.90 Å². The zero-order valence-corrected chi connectivity index (χ0v) is 11.5. The molecule has 0 radical (unpaired) electrons. The summed E-state index contributed by atoms with van der Waals surface area (Å²) in [4.78, 5) is 13.1. The number of carboxylic acids is 1. The minimum Gasteiger partial charge on any atom is -0.492 e. The molecule has 1 aromatic rings. The van der Waals surface area contributed by atoms with Gasteiger partial charge in [0.25, 0.3) is 0 Å². The zero-order chi connectivity index (χ0) is 13.7. The van der Waals surface area contributed by atoms with E-state index in [2.05, 4.69) is 4.90 Å². The Morgan fingerprint density at radius 2 is 2.37 bits per heavy atom. The molecule has 1 N–H and O–H groups in total. The first kappa shape index (κ1) is 14.2. The Morgan fingerprint density at radius 3 is 3.11 bits per heavy atom. The number of aliphatic carboxylic acids is 1. The van der Waals surface area contributed by atoms with E-state index in [1.165, 1.54) is 0 Å². The van der Waals surface area contributed by atoms with E-state index in [0.717, 1.165) is 31.7 Å². The van der Waals surface area contributed by atoms with Crippen LogP contribution >= 0.6 is 11.6 Å². The van der Waals surface area contributed by atoms with Gasteiger partial charge in [-0.3, -0.25) is 9.69 Å². The van der Waals surface area contributed by atoms with Gasteiger partial charge in [-0.25, -0.2) is 0 Å². The molecule has 0 amide bonds. The summed E-state index contributed by atoms with van der Waals surface area (Å²) in [7, 11) is 0. The molecule has 1 fully saturated rings. The topological polar surface area (TPSA) is 49.8 Å². The molecule has 1 aliphatic rings. The summed E-state index contributed by atoms with van der Waals surface area (Å²) in [5.41, 5.74) is 0. The van der Waals surface area contributed by atoms with Crippen LogP contribution in [-0.4, -0.2) is 42.2 Å². The molecule has 1 unspecified atom stereocenters. The molecule has 0 aromatic heterocycles. The van der Waals surface area contributed by atoms with Gasteiger partial charge in [0.05, 0.1) is 5.92 Å². The lowest BCUT2D eigenvalue weighted by Gasteiger charge is -2.30. The van der Waals surface area contributed by atoms with E-state index in [9.17, 15) is 4.79 Å². The summed E-state index contributed by atoms with van der Waals surface area (Å²) >= 11 is 5.87. The number of rotatable bonds is 5. The van der Waals surface area contributed by atoms with Crippen molar-refractivity contribution in [2.75, 3.05) is 26.2 Å². The van der Waals surface area contributed by atoms with Crippen LogP contribution < -0.4 is 4.74 Å². The molecule has 0 bridgehead atoms. The minimum absolute atomic E-state index is 0.236. The van der Waals surface area contributed by atoms with E-state index < -0.39 is 5.97 Å². The first-order chi connectivity index (χ1) is 9.15. The van der Waals surface area contributed by atoms with Crippen molar-refractivity contribution in [2.45, 2.75) is 12.8 Å². The fourth-order valence-corrected chi connectivity index (χ4v) is 2.49. The van der Waals surface area contributed by atoms with Crippen LogP contribution in [0.4, 0.5) is 0 Å². The Bertz CT molecular complexity index is 438. The normalized spacial score (nSPS) is 20.2. The van der Waals surface area contributed by atoms with E-state index in [-0.39, 0.29) is 5.92 Å². The molecule has 1 aromatic carbocycles. The molecule has 4 nitrogen and oxygen atoms in total. The van der Waals surface area contributed by atoms with Crippen molar-refractivity contribution < 1.29 is 14.6 Å². The van der Waals surface area contributed by atoms with Crippen molar-refractivity contribution >= 4 is 17.6 Å². The first-order valence-corrected chi connectivity index (χ1v) is 6.86. The van der Waals surface area contributed by atoms with Crippen LogP contribution in [-0.2, 0) is 4.79 Å². The summed E-state index contributed by atoms with van der Waals surface area (Å²) < 4.78 is 5.61. The minimum atomic E-state index is -0.694. The summed E-state index contributed by atoms with van der Waals surface area (Å²) in [5, 5.41) is 9.67. The Morgan fingerprint density at radius 1 is 1.53 bits per heavy atom. The number of benzene rings is 1. The number of ether oxygens (including phenoxy) is 1. The van der Waals surface area contributed by atoms with Crippen molar-refractivity contribution in [3.8, 4) is 5.75 Å². The third kappa shape index (κ3) is 4.40. The van der Waals surface area contributed by atoms with Crippen LogP contribution in [0, 0.1) is 5.92 Å². The smallest absolute Gasteiger partial charge is 0.307 e. The Kier molecular flexibility index (Phi) is 5.05. The molecule has 19 heavy (non-hydrogen) atoms. The fourth-order valence-electron chi connectivity index (χ4n) is 2.31. The third-order valence-electron chi connectivity index (χ3n) is 3.33. The van der Waals surface area contributed by atoms with E-state index >= 15 is 0 Å². The maximum atomic E-state index is 11.0. The van der Waals surface area contributed by atoms with Crippen molar-refractivity contribution in [1.29, 1.82) is 0 Å². The fraction of sp³-hybridized carbons (Fsp3) is 0.500. The standard InChI is InChI=1S/C14H18ClNO3/c15-12-4-1-5-13(9-12)19-8-7-16-6-2-3-11(10-16)14(17)18/h1,4-5,9,11H,2-3,6-8,10H2,(H,17,18). The molecule has 1 heterocycles. The molecule has 0 spiro atoms. The average Bonchev–Trinajstić information content (AvgIpc) is 2.39. The van der Waals surface area contributed by atoms with Gasteiger partial charge < -0.3 is 9.84 Å². The zero-order valence-electron chi connectivity index (χ0n) is 10.7. The molecule has 0 saturated carbocycles. The van der Waals surface area contributed by atoms with E-state index in [0.29, 0.717) is 18.2 Å². The highest BCUT2D eigenvalue weighted by Gasteiger charge is 2.24. The lowest BCUT2D eigenvalue weighted by Crippen LogP contribution is -2.40. The molecule has 2 rings (SSSR count). The molecule has 1 aliphatic heterocycles. The van der Waals surface area contributed by atoms with Crippen molar-refractivity contribution in [2.24, 2.45) is 5.92 Å². The quantitative estimate of drug-likeness (QED) is 0.902. The van der Waals surface area contributed by atoms with Gasteiger partial charge in [0, 0.05) is 18.1 Å². The Labute approximate surface area is 117 Å². The Hall–Kier alpha value is -1.26. The number of hydrogen-bond acceptors (Lipinski definition) is 3. The maximum absolute atomic E-state index is 11.0. The van der Waals surface area contributed by atoms with Crippen LogP contribution in [0.25, 0.3) is 0 Å². The highest BCUT2D eigenvalue weighted by Crippen LogP contribution is 2.18. The lowest BCUT2D eigenvalue weighted by molar-refractivity contribution is -0.143. The van der Waals surface area contributed by atoms with Crippen LogP contribution in [0.15, 0.2) is 24.3 Å². The molecular weight excluding hydrogens is 266 g/mol. The second kappa shape index (κ2) is 6.78. The number of carboxylic acid groups (broad SMARTS) is 1. The summed E-state index contributed by atoms with van der Waals surface area (Å²) in [6, 6.07) is 7.29. The number of piperidine rings is 1. The van der Waals surface area contributed by atoms with Crippen molar-refractivity contribution in [3.63, 3.8) is 0 Å². The lowest BCUT2D eigenvalue weighted by atomic mass is 9.98. The largest absolute Gasteiger partial charge is 0.492 e. The van der Waals surface area contributed by atoms with E-state index in [1.54, 1.807) is 12.1 Å². The molecular formula is C14H18ClNO3. The monoisotopic (exact) mass is 283 g/mol. The van der Waals surface area contributed by atoms with Crippen LogP contribution in [0.3, 0.4) is 0 Å². The van der Waals surface area contributed by atoms with E-state index in [1.807, 2.05) is 12.1 Å². The van der Waals surface area contributed by atoms with Crippen LogP contribution in [0.1, 0.15) is 12.8 Å². The predicted octanol–water partition coefficient (Wildman–Crippen LogP) is 2.52. The molecule has 0 aliphatic carbocycles. The van der Waals surface area contributed by atoms with Gasteiger partial charge >= 0.3 is 5.97 Å². The predicted molar refractivity (Wildman–Crippen MR) is 73.7 cm³/mol. The summed E-state index contributed by atoms with van der Waals surface area (Å²) in [6.07, 6.45) is 1.72. The number of halogens is 1. The second-order valence-corrected chi connectivity index (χ2v) is 5.22. The molecule has 5 heteroatoms. The number of likely N-dealkylation sites (tertiary alicyclic amines) is 1. The SMILES string of the molecule is O=C(O)C1CCCN(CCOc2cccc(Cl)c2)C1. The molecule has 1 atom stereocenters. The summed E-state index contributed by atoms with van der Waals surface area (Å²) in [6.45, 7) is 2.86. The first-order valence-electron chi connectivity index (χ1n) is 6.48. The third-order valence-corrected chi connectivity index (χ3v) is 3.56. The molecule has 104 valence electrons. The highest BCUT2D eigenvalue weighted by molar-refractivity contribution is 6.30. The second-order valence-electron chi connectivity index (χ2n) is 4.78. The van der Waals surface area contributed by atoms with Gasteiger partial charge in [-0.15, -0.1) is 0 Å². The number of nitrogens with zero attached hydrogens (tertiary/aromatic N) is 1. The maximum Gasteiger partial charge on any atom is 0.307 e. The van der Waals surface area contributed by atoms with Gasteiger partial charge in [-0.1, -0.05) is 17.7 Å². The van der Waals surface area contributed by atoms with Crippen molar-refractivity contribution in [3.05, 3.63) is 29.3 Å². The van der Waals surface area contributed by atoms with Gasteiger partial charge in [-0.2, -0.15) is 0 Å². The van der Waals surface area contributed by atoms with Gasteiger partial charge in [0.1, 0.15) is 12.4 Å². The Balaban J connectivity index is 1.75.